The molecule has 5 heteroatoms. The number of nitrogens with zero attached hydrogens (tertiary/aromatic N) is 1. The Morgan fingerprint density at radius 3 is 2.61 bits per heavy atom. The molecule has 2 rings (SSSR count). The van der Waals surface area contributed by atoms with Crippen LogP contribution in [0, 0.1) is 0 Å². The minimum atomic E-state index is -0.474. The molecule has 0 radical (unpaired) electrons. The van der Waals surface area contributed by atoms with Crippen molar-refractivity contribution >= 4 is 38.6 Å². The predicted octanol–water partition coefficient (Wildman–Crippen LogP) is 4.54. The van der Waals surface area contributed by atoms with Crippen molar-refractivity contribution in [3.05, 3.63) is 36.9 Å². The van der Waals surface area contributed by atoms with Gasteiger partial charge in [-0.3, -0.25) is 0 Å². The van der Waals surface area contributed by atoms with E-state index in [2.05, 4.69) is 47.1 Å². The number of aromatic nitrogens is 1. The first-order valence-electron chi connectivity index (χ1n) is 5.74. The van der Waals surface area contributed by atoms with Gasteiger partial charge in [0.15, 0.2) is 0 Å². The molecule has 0 aliphatic carbocycles. The molecule has 0 aliphatic rings. The van der Waals surface area contributed by atoms with Crippen molar-refractivity contribution in [1.82, 2.24) is 4.98 Å². The summed E-state index contributed by atoms with van der Waals surface area (Å²) in [5.74, 6) is 0. The molecule has 0 aliphatic heterocycles. The number of aliphatic hydroxyl groups is 1. The van der Waals surface area contributed by atoms with E-state index >= 15 is 0 Å². The molecule has 0 amide bonds. The topological polar surface area (TPSA) is 33.1 Å². The second-order valence-electron chi connectivity index (χ2n) is 5.23. The Hall–Kier alpha value is -0.230. The lowest BCUT2D eigenvalue weighted by Gasteiger charge is -2.14. The van der Waals surface area contributed by atoms with E-state index < -0.39 is 6.10 Å². The lowest BCUT2D eigenvalue weighted by atomic mass is 9.93. The monoisotopic (exact) mass is 345 g/mol. The van der Waals surface area contributed by atoms with Gasteiger partial charge in [0.25, 0.3) is 0 Å². The fraction of sp³-hybridized carbons (Fsp3) is 0.462. The van der Waals surface area contributed by atoms with E-state index in [9.17, 15) is 5.11 Å². The van der Waals surface area contributed by atoms with E-state index in [4.69, 9.17) is 0 Å². The molecule has 1 N–H and O–H groups in total. The van der Waals surface area contributed by atoms with Gasteiger partial charge < -0.3 is 5.11 Å². The third-order valence-electron chi connectivity index (χ3n) is 2.64. The zero-order chi connectivity index (χ0) is 13.3. The fourth-order valence-corrected chi connectivity index (χ4v) is 4.23. The van der Waals surface area contributed by atoms with Crippen molar-refractivity contribution in [2.75, 3.05) is 0 Å². The molecule has 2 heterocycles. The number of thiazole rings is 1. The van der Waals surface area contributed by atoms with Crippen molar-refractivity contribution in [2.45, 2.75) is 38.7 Å². The van der Waals surface area contributed by atoms with Gasteiger partial charge in [0, 0.05) is 26.6 Å². The third-order valence-corrected chi connectivity index (χ3v) is 5.48. The summed E-state index contributed by atoms with van der Waals surface area (Å²) in [5.41, 5.74) is 1.17. The predicted molar refractivity (Wildman–Crippen MR) is 81.5 cm³/mol. The summed E-state index contributed by atoms with van der Waals surface area (Å²) >= 11 is 6.65. The van der Waals surface area contributed by atoms with Crippen LogP contribution >= 0.6 is 38.6 Å². The van der Waals surface area contributed by atoms with E-state index in [-0.39, 0.29) is 5.41 Å². The molecule has 18 heavy (non-hydrogen) atoms. The summed E-state index contributed by atoms with van der Waals surface area (Å²) in [5, 5.41) is 15.3. The number of thiophene rings is 1. The highest BCUT2D eigenvalue weighted by Gasteiger charge is 2.20. The smallest absolute Gasteiger partial charge is 0.0958 e. The second-order valence-corrected chi connectivity index (χ2v) is 7.97. The molecular weight excluding hydrogens is 330 g/mol. The van der Waals surface area contributed by atoms with Crippen LogP contribution in [0.15, 0.2) is 21.3 Å². The van der Waals surface area contributed by atoms with Crippen molar-refractivity contribution in [2.24, 2.45) is 0 Å². The maximum absolute atomic E-state index is 10.2. The molecule has 2 aromatic heterocycles. The van der Waals surface area contributed by atoms with Crippen LogP contribution in [-0.4, -0.2) is 10.1 Å². The van der Waals surface area contributed by atoms with Crippen LogP contribution < -0.4 is 0 Å². The number of rotatable bonds is 3. The molecule has 0 spiro atoms. The van der Waals surface area contributed by atoms with Crippen LogP contribution in [0.3, 0.4) is 0 Å². The van der Waals surface area contributed by atoms with Crippen LogP contribution in [-0.2, 0) is 11.8 Å². The van der Waals surface area contributed by atoms with Gasteiger partial charge in [0.1, 0.15) is 0 Å². The van der Waals surface area contributed by atoms with Gasteiger partial charge in [-0.2, -0.15) is 0 Å². The van der Waals surface area contributed by atoms with Crippen LogP contribution in [0.5, 0.6) is 0 Å². The normalized spacial score (nSPS) is 13.8. The minimum Gasteiger partial charge on any atom is -0.387 e. The molecule has 1 unspecified atom stereocenters. The quantitative estimate of drug-likeness (QED) is 0.885. The Morgan fingerprint density at radius 2 is 2.11 bits per heavy atom. The standard InChI is InChI=1S/C13H16BrNOS2/c1-13(2,3)10-7-18-11(15-10)6-9(16)12-8(14)4-5-17-12/h4-5,7,9,16H,6H2,1-3H3. The van der Waals surface area contributed by atoms with Gasteiger partial charge in [-0.15, -0.1) is 22.7 Å². The summed E-state index contributed by atoms with van der Waals surface area (Å²) in [7, 11) is 0. The Kier molecular flexibility index (Phi) is 4.26. The summed E-state index contributed by atoms with van der Waals surface area (Å²) in [4.78, 5) is 5.58. The highest BCUT2D eigenvalue weighted by atomic mass is 79.9. The zero-order valence-electron chi connectivity index (χ0n) is 10.6. The Labute approximate surface area is 124 Å². The highest BCUT2D eigenvalue weighted by Crippen LogP contribution is 2.32. The first kappa shape index (κ1) is 14.2. The van der Waals surface area contributed by atoms with E-state index in [0.717, 1.165) is 20.1 Å². The molecule has 0 fully saturated rings. The average molecular weight is 346 g/mol. The van der Waals surface area contributed by atoms with Crippen molar-refractivity contribution in [1.29, 1.82) is 0 Å². The third kappa shape index (κ3) is 3.20. The van der Waals surface area contributed by atoms with Gasteiger partial charge >= 0.3 is 0 Å². The van der Waals surface area contributed by atoms with Crippen molar-refractivity contribution in [3.63, 3.8) is 0 Å². The number of aliphatic hydroxyl groups excluding tert-OH is 1. The van der Waals surface area contributed by atoms with E-state index in [1.807, 2.05) is 11.4 Å². The molecule has 98 valence electrons. The van der Waals surface area contributed by atoms with Gasteiger partial charge in [0.05, 0.1) is 16.8 Å². The van der Waals surface area contributed by atoms with Gasteiger partial charge in [-0.25, -0.2) is 4.98 Å². The van der Waals surface area contributed by atoms with Gasteiger partial charge in [-0.05, 0) is 27.4 Å². The van der Waals surface area contributed by atoms with E-state index in [1.165, 1.54) is 0 Å². The van der Waals surface area contributed by atoms with Crippen LogP contribution in [0.1, 0.15) is 42.5 Å². The van der Waals surface area contributed by atoms with Crippen LogP contribution in [0.2, 0.25) is 0 Å². The lowest BCUT2D eigenvalue weighted by molar-refractivity contribution is 0.181. The first-order valence-corrected chi connectivity index (χ1v) is 8.29. The molecule has 2 aromatic rings. The Balaban J connectivity index is 2.11. The molecule has 0 saturated heterocycles. The summed E-state index contributed by atoms with van der Waals surface area (Å²) < 4.78 is 0.979. The summed E-state index contributed by atoms with van der Waals surface area (Å²) in [6.07, 6.45) is 0.109. The van der Waals surface area contributed by atoms with E-state index in [0.29, 0.717) is 6.42 Å². The van der Waals surface area contributed by atoms with Gasteiger partial charge in [0.2, 0.25) is 0 Å². The largest absolute Gasteiger partial charge is 0.387 e. The first-order chi connectivity index (χ1) is 8.38. The van der Waals surface area contributed by atoms with E-state index in [1.54, 1.807) is 22.7 Å². The molecule has 0 bridgehead atoms. The lowest BCUT2D eigenvalue weighted by Crippen LogP contribution is -2.11. The minimum absolute atomic E-state index is 0.0726. The van der Waals surface area contributed by atoms with Crippen LogP contribution in [0.4, 0.5) is 0 Å². The zero-order valence-corrected chi connectivity index (χ0v) is 13.8. The van der Waals surface area contributed by atoms with Gasteiger partial charge in [-0.1, -0.05) is 20.8 Å². The average Bonchev–Trinajstić information content (AvgIpc) is 2.85. The summed E-state index contributed by atoms with van der Waals surface area (Å²) in [6, 6.07) is 1.96. The number of halogens is 1. The summed E-state index contributed by atoms with van der Waals surface area (Å²) in [6.45, 7) is 6.45. The number of hydrogen-bond acceptors (Lipinski definition) is 4. The Morgan fingerprint density at radius 1 is 1.39 bits per heavy atom. The number of hydrogen-bond donors (Lipinski definition) is 1. The molecular formula is C13H16BrNOS2. The second kappa shape index (κ2) is 5.41. The molecule has 1 atom stereocenters. The maximum Gasteiger partial charge on any atom is 0.0958 e. The molecule has 0 aromatic carbocycles. The van der Waals surface area contributed by atoms with Crippen molar-refractivity contribution < 1.29 is 5.11 Å². The molecule has 0 saturated carbocycles. The SMILES string of the molecule is CC(C)(C)c1csc(CC(O)c2sccc2Br)n1. The fourth-order valence-electron chi connectivity index (χ4n) is 1.55. The maximum atomic E-state index is 10.2. The molecule has 2 nitrogen and oxygen atoms in total. The Bertz CT molecular complexity index is 527. The van der Waals surface area contributed by atoms with Crippen molar-refractivity contribution in [3.8, 4) is 0 Å². The van der Waals surface area contributed by atoms with Crippen LogP contribution in [0.25, 0.3) is 0 Å². The highest BCUT2D eigenvalue weighted by molar-refractivity contribution is 9.10.